The first-order chi connectivity index (χ1) is 9.92. The molecule has 5 heteroatoms. The van der Waals surface area contributed by atoms with Gasteiger partial charge in [0.2, 0.25) is 5.91 Å². The first-order valence-electron chi connectivity index (χ1n) is 7.35. The fourth-order valence-corrected chi connectivity index (χ4v) is 3.16. The number of aliphatic hydroxyl groups is 1. The van der Waals surface area contributed by atoms with Crippen LogP contribution in [0.5, 0.6) is 0 Å². The zero-order chi connectivity index (χ0) is 15.5. The normalized spacial score (nSPS) is 21.7. The Bertz CT molecular complexity index is 472. The number of nitrogens with two attached hydrogens (primary N) is 1. The van der Waals surface area contributed by atoms with Crippen LogP contribution in [0.4, 0.5) is 0 Å². The lowest BCUT2D eigenvalue weighted by Gasteiger charge is -2.41. The topological polar surface area (TPSA) is 66.6 Å². The molecule has 0 aliphatic carbocycles. The third-order valence-electron chi connectivity index (χ3n) is 4.53. The van der Waals surface area contributed by atoms with Crippen molar-refractivity contribution in [3.05, 3.63) is 35.9 Å². The second kappa shape index (κ2) is 6.77. The smallest absolute Gasteiger partial charge is 0.223 e. The summed E-state index contributed by atoms with van der Waals surface area (Å²) in [5.74, 6) is -0.953. The second-order valence-electron chi connectivity index (χ2n) is 5.91. The van der Waals surface area contributed by atoms with Crippen LogP contribution in [-0.4, -0.2) is 41.1 Å². The standard InChI is InChI=1S/C16H23ClN2O2/c1-12(15(18)20)16(21)7-9-19(10-8-16)11-14(17)13-5-3-2-4-6-13/h2-6,12,14,21H,7-11H2,1H3,(H2,18,20). The largest absolute Gasteiger partial charge is 0.389 e. The van der Waals surface area contributed by atoms with E-state index in [-0.39, 0.29) is 5.38 Å². The number of nitrogens with zero attached hydrogens (tertiary/aromatic N) is 1. The minimum atomic E-state index is -0.975. The highest BCUT2D eigenvalue weighted by molar-refractivity contribution is 6.21. The van der Waals surface area contributed by atoms with Gasteiger partial charge < -0.3 is 15.7 Å². The predicted octanol–water partition coefficient (Wildman–Crippen LogP) is 1.91. The van der Waals surface area contributed by atoms with E-state index >= 15 is 0 Å². The summed E-state index contributed by atoms with van der Waals surface area (Å²) in [7, 11) is 0. The molecular formula is C16H23ClN2O2. The summed E-state index contributed by atoms with van der Waals surface area (Å²) in [5.41, 5.74) is 5.44. The van der Waals surface area contributed by atoms with Crippen molar-refractivity contribution in [1.82, 2.24) is 4.90 Å². The summed E-state index contributed by atoms with van der Waals surface area (Å²) in [4.78, 5) is 13.5. The molecule has 1 saturated heterocycles. The number of hydrogen-bond acceptors (Lipinski definition) is 3. The van der Waals surface area contributed by atoms with E-state index in [4.69, 9.17) is 17.3 Å². The average molecular weight is 311 g/mol. The van der Waals surface area contributed by atoms with Gasteiger partial charge in [0.1, 0.15) is 0 Å². The van der Waals surface area contributed by atoms with Crippen molar-refractivity contribution in [2.75, 3.05) is 19.6 Å². The van der Waals surface area contributed by atoms with Crippen molar-refractivity contribution < 1.29 is 9.90 Å². The van der Waals surface area contributed by atoms with Crippen LogP contribution in [-0.2, 0) is 4.79 Å². The molecule has 4 nitrogen and oxygen atoms in total. The van der Waals surface area contributed by atoms with E-state index in [1.54, 1.807) is 6.92 Å². The monoisotopic (exact) mass is 310 g/mol. The van der Waals surface area contributed by atoms with E-state index < -0.39 is 17.4 Å². The van der Waals surface area contributed by atoms with Crippen LogP contribution in [0, 0.1) is 5.92 Å². The van der Waals surface area contributed by atoms with Gasteiger partial charge in [0.15, 0.2) is 0 Å². The number of carbonyl (C=O) groups is 1. The van der Waals surface area contributed by atoms with Gasteiger partial charge in [-0.05, 0) is 18.4 Å². The fourth-order valence-electron chi connectivity index (χ4n) is 2.81. The third-order valence-corrected chi connectivity index (χ3v) is 4.92. The van der Waals surface area contributed by atoms with E-state index in [0.717, 1.165) is 25.2 Å². The zero-order valence-corrected chi connectivity index (χ0v) is 13.1. The van der Waals surface area contributed by atoms with Crippen LogP contribution in [0.15, 0.2) is 30.3 Å². The molecule has 1 aromatic rings. The SMILES string of the molecule is CC(C(N)=O)C1(O)CCN(CC(Cl)c2ccccc2)CC1. The Balaban J connectivity index is 1.88. The molecule has 0 aromatic heterocycles. The molecule has 0 radical (unpaired) electrons. The minimum absolute atomic E-state index is 0.0639. The Morgan fingerprint density at radius 3 is 2.48 bits per heavy atom. The summed E-state index contributed by atoms with van der Waals surface area (Å²) in [5, 5.41) is 10.5. The number of halogens is 1. The van der Waals surface area contributed by atoms with Crippen molar-refractivity contribution in [2.45, 2.75) is 30.7 Å². The summed E-state index contributed by atoms with van der Waals surface area (Å²) in [6.07, 6.45) is 1.10. The molecule has 1 amide bonds. The highest BCUT2D eigenvalue weighted by Gasteiger charge is 2.40. The van der Waals surface area contributed by atoms with Crippen LogP contribution in [0.2, 0.25) is 0 Å². The Kier molecular flexibility index (Phi) is 5.25. The third kappa shape index (κ3) is 3.96. The van der Waals surface area contributed by atoms with Gasteiger partial charge in [-0.15, -0.1) is 11.6 Å². The van der Waals surface area contributed by atoms with E-state index in [1.807, 2.05) is 30.3 Å². The van der Waals surface area contributed by atoms with Crippen molar-refractivity contribution in [3.63, 3.8) is 0 Å². The molecule has 116 valence electrons. The van der Waals surface area contributed by atoms with Gasteiger partial charge in [0.05, 0.1) is 16.9 Å². The Hall–Kier alpha value is -1.10. The maximum absolute atomic E-state index is 11.3. The van der Waals surface area contributed by atoms with Crippen LogP contribution in [0.25, 0.3) is 0 Å². The number of alkyl halides is 1. The number of rotatable bonds is 5. The Labute approximate surface area is 130 Å². The van der Waals surface area contributed by atoms with E-state index in [1.165, 1.54) is 0 Å². The number of hydrogen-bond donors (Lipinski definition) is 2. The van der Waals surface area contributed by atoms with Gasteiger partial charge in [0.25, 0.3) is 0 Å². The van der Waals surface area contributed by atoms with Crippen molar-refractivity contribution >= 4 is 17.5 Å². The minimum Gasteiger partial charge on any atom is -0.389 e. The molecular weight excluding hydrogens is 288 g/mol. The number of primary amides is 1. The fraction of sp³-hybridized carbons (Fsp3) is 0.562. The summed E-state index contributed by atoms with van der Waals surface area (Å²) in [6.45, 7) is 3.90. The van der Waals surface area contributed by atoms with E-state index in [0.29, 0.717) is 12.8 Å². The predicted molar refractivity (Wildman–Crippen MR) is 84.0 cm³/mol. The molecule has 3 N–H and O–H groups in total. The van der Waals surface area contributed by atoms with Gasteiger partial charge in [0, 0.05) is 19.6 Å². The summed E-state index contributed by atoms with van der Waals surface area (Å²) in [6, 6.07) is 9.97. The summed E-state index contributed by atoms with van der Waals surface area (Å²) < 4.78 is 0. The molecule has 21 heavy (non-hydrogen) atoms. The van der Waals surface area contributed by atoms with Crippen LogP contribution in [0.3, 0.4) is 0 Å². The first-order valence-corrected chi connectivity index (χ1v) is 7.79. The van der Waals surface area contributed by atoms with E-state index in [9.17, 15) is 9.90 Å². The van der Waals surface area contributed by atoms with Crippen LogP contribution < -0.4 is 5.73 Å². The maximum Gasteiger partial charge on any atom is 0.223 e. The molecule has 0 saturated carbocycles. The van der Waals surface area contributed by atoms with Crippen LogP contribution >= 0.6 is 11.6 Å². The molecule has 0 bridgehead atoms. The maximum atomic E-state index is 11.3. The molecule has 1 fully saturated rings. The van der Waals surface area contributed by atoms with Crippen molar-refractivity contribution in [2.24, 2.45) is 11.7 Å². The van der Waals surface area contributed by atoms with Gasteiger partial charge in [-0.25, -0.2) is 0 Å². The van der Waals surface area contributed by atoms with Gasteiger partial charge >= 0.3 is 0 Å². The van der Waals surface area contributed by atoms with Crippen LogP contribution in [0.1, 0.15) is 30.7 Å². The molecule has 1 aromatic carbocycles. The second-order valence-corrected chi connectivity index (χ2v) is 6.43. The Morgan fingerprint density at radius 1 is 1.38 bits per heavy atom. The highest BCUT2D eigenvalue weighted by atomic mass is 35.5. The summed E-state index contributed by atoms with van der Waals surface area (Å²) >= 11 is 6.45. The quantitative estimate of drug-likeness (QED) is 0.817. The number of likely N-dealkylation sites (tertiary alicyclic amines) is 1. The average Bonchev–Trinajstić information content (AvgIpc) is 2.49. The lowest BCUT2D eigenvalue weighted by Crippen LogP contribution is -2.51. The lowest BCUT2D eigenvalue weighted by atomic mass is 9.80. The van der Waals surface area contributed by atoms with Gasteiger partial charge in [-0.2, -0.15) is 0 Å². The Morgan fingerprint density at radius 2 is 1.95 bits per heavy atom. The molecule has 1 heterocycles. The highest BCUT2D eigenvalue weighted by Crippen LogP contribution is 2.31. The van der Waals surface area contributed by atoms with Gasteiger partial charge in [-0.1, -0.05) is 37.3 Å². The molecule has 1 aliphatic heterocycles. The molecule has 2 unspecified atom stereocenters. The van der Waals surface area contributed by atoms with E-state index in [2.05, 4.69) is 4.90 Å². The van der Waals surface area contributed by atoms with Crippen molar-refractivity contribution in [1.29, 1.82) is 0 Å². The molecule has 2 atom stereocenters. The lowest BCUT2D eigenvalue weighted by molar-refractivity contribution is -0.134. The number of benzene rings is 1. The number of carbonyl (C=O) groups excluding carboxylic acids is 1. The zero-order valence-electron chi connectivity index (χ0n) is 12.3. The molecule has 1 aliphatic rings. The number of piperidine rings is 1. The first kappa shape index (κ1) is 16.3. The molecule has 0 spiro atoms. The van der Waals surface area contributed by atoms with Crippen molar-refractivity contribution in [3.8, 4) is 0 Å². The van der Waals surface area contributed by atoms with Gasteiger partial charge in [-0.3, -0.25) is 4.79 Å². The molecule has 2 rings (SSSR count). The number of amides is 1.